The number of aromatic nitrogens is 1. The molecule has 0 bridgehead atoms. The van der Waals surface area contributed by atoms with Crippen LogP contribution in [0.1, 0.15) is 36.9 Å². The fourth-order valence-corrected chi connectivity index (χ4v) is 5.87. The van der Waals surface area contributed by atoms with E-state index in [1.807, 2.05) is 36.4 Å². The van der Waals surface area contributed by atoms with Crippen molar-refractivity contribution in [1.82, 2.24) is 9.88 Å². The number of hydrogen-bond acceptors (Lipinski definition) is 9. The number of aliphatic hydroxyl groups is 2. The topological polar surface area (TPSA) is 187 Å². The van der Waals surface area contributed by atoms with Crippen molar-refractivity contribution in [3.63, 3.8) is 0 Å². The Hall–Kier alpha value is -4.00. The van der Waals surface area contributed by atoms with Gasteiger partial charge in [0.15, 0.2) is 5.60 Å². The summed E-state index contributed by atoms with van der Waals surface area (Å²) in [6, 6.07) is 11.8. The number of likely N-dealkylation sites (tertiary alicyclic amines) is 1. The first-order chi connectivity index (χ1) is 19.4. The monoisotopic (exact) mass is 570 g/mol. The van der Waals surface area contributed by atoms with Crippen molar-refractivity contribution in [2.45, 2.75) is 36.9 Å². The number of methoxy groups -OCH3 is 1. The molecular weight excluding hydrogens is 536 g/mol. The van der Waals surface area contributed by atoms with E-state index in [1.165, 1.54) is 5.57 Å². The van der Waals surface area contributed by atoms with Crippen molar-refractivity contribution in [2.24, 2.45) is 11.8 Å². The molecule has 3 atom stereocenters. The van der Waals surface area contributed by atoms with Gasteiger partial charge in [-0.3, -0.25) is 19.5 Å². The van der Waals surface area contributed by atoms with E-state index in [4.69, 9.17) is 29.9 Å². The smallest absolute Gasteiger partial charge is 0.336 e. The van der Waals surface area contributed by atoms with Crippen LogP contribution in [0, 0.1) is 11.8 Å². The Labute approximate surface area is 236 Å². The zero-order valence-corrected chi connectivity index (χ0v) is 22.6. The highest BCUT2D eigenvalue weighted by molar-refractivity contribution is 5.88. The van der Waals surface area contributed by atoms with Crippen molar-refractivity contribution >= 4 is 24.0 Å². The van der Waals surface area contributed by atoms with Gasteiger partial charge in [-0.25, -0.2) is 4.79 Å². The standard InChI is InChI=1S/C23H26N2O3.C6H8O7/c1-27-19-5-6-21-18(11-19)10-16(15-28-21)12-25-13-17-7-8-23(26,20(17)14-25)22-4-2-3-9-24-22;7-3(8)1-6(13,5(11)12)2-4(9)10/h2-6,9-11,17,20,26H,7-8,12-15H2,1H3;13H,1-2H2,(H,7,8)(H,9,10)(H,11,12)/t17-,20+,23-;/m0./s1. The number of rotatable bonds is 9. The van der Waals surface area contributed by atoms with Crippen LogP contribution < -0.4 is 9.47 Å². The lowest BCUT2D eigenvalue weighted by molar-refractivity contribution is -0.170. The Kier molecular flexibility index (Phi) is 8.95. The van der Waals surface area contributed by atoms with Crippen molar-refractivity contribution in [2.75, 3.05) is 33.4 Å². The maximum atomic E-state index is 11.4. The molecule has 1 saturated heterocycles. The summed E-state index contributed by atoms with van der Waals surface area (Å²) in [5.41, 5.74) is -0.367. The molecule has 3 heterocycles. The molecule has 5 rings (SSSR count). The molecule has 1 saturated carbocycles. The fraction of sp³-hybridized carbons (Fsp3) is 0.448. The largest absolute Gasteiger partial charge is 0.497 e. The van der Waals surface area contributed by atoms with Crippen molar-refractivity contribution in [3.8, 4) is 11.5 Å². The summed E-state index contributed by atoms with van der Waals surface area (Å²) in [4.78, 5) is 37.4. The molecule has 1 aromatic heterocycles. The van der Waals surface area contributed by atoms with Crippen LogP contribution in [0.25, 0.3) is 6.08 Å². The Morgan fingerprint density at radius 1 is 1.12 bits per heavy atom. The van der Waals surface area contributed by atoms with Gasteiger partial charge in [0.1, 0.15) is 23.7 Å². The van der Waals surface area contributed by atoms with Crippen molar-refractivity contribution in [1.29, 1.82) is 0 Å². The molecular formula is C29H34N2O10. The lowest BCUT2D eigenvalue weighted by atomic mass is 9.85. The molecule has 2 aromatic rings. The summed E-state index contributed by atoms with van der Waals surface area (Å²) in [7, 11) is 1.68. The highest BCUT2D eigenvalue weighted by atomic mass is 16.5. The minimum Gasteiger partial charge on any atom is -0.497 e. The number of carboxylic acid groups (broad SMARTS) is 3. The molecule has 12 nitrogen and oxygen atoms in total. The Balaban J connectivity index is 0.000000254. The van der Waals surface area contributed by atoms with E-state index >= 15 is 0 Å². The van der Waals surface area contributed by atoms with E-state index in [0.717, 1.165) is 55.2 Å². The maximum absolute atomic E-state index is 11.4. The molecule has 1 aromatic carbocycles. The summed E-state index contributed by atoms with van der Waals surface area (Å²) >= 11 is 0. The van der Waals surface area contributed by atoms with Crippen LogP contribution in [0.4, 0.5) is 0 Å². The zero-order valence-electron chi connectivity index (χ0n) is 22.6. The molecule has 0 radical (unpaired) electrons. The molecule has 12 heteroatoms. The second kappa shape index (κ2) is 12.2. The predicted octanol–water partition coefficient (Wildman–Crippen LogP) is 1.85. The first-order valence-corrected chi connectivity index (χ1v) is 13.2. The summed E-state index contributed by atoms with van der Waals surface area (Å²) < 4.78 is 11.3. The highest BCUT2D eigenvalue weighted by Gasteiger charge is 2.53. The Morgan fingerprint density at radius 2 is 1.85 bits per heavy atom. The molecule has 0 spiro atoms. The number of carboxylic acids is 3. The van der Waals surface area contributed by atoms with Gasteiger partial charge in [-0.15, -0.1) is 0 Å². The highest BCUT2D eigenvalue weighted by Crippen LogP contribution is 2.50. The van der Waals surface area contributed by atoms with Gasteiger partial charge in [-0.05, 0) is 60.7 Å². The number of hydrogen-bond donors (Lipinski definition) is 5. The van der Waals surface area contributed by atoms with Gasteiger partial charge in [0.05, 0.1) is 25.6 Å². The summed E-state index contributed by atoms with van der Waals surface area (Å²) in [5.74, 6) is -2.48. The number of nitrogens with zero attached hydrogens (tertiary/aromatic N) is 2. The molecule has 220 valence electrons. The fourth-order valence-electron chi connectivity index (χ4n) is 5.87. The van der Waals surface area contributed by atoms with Crippen LogP contribution in [-0.4, -0.2) is 92.3 Å². The zero-order chi connectivity index (χ0) is 29.8. The molecule has 0 unspecified atom stereocenters. The molecule has 41 heavy (non-hydrogen) atoms. The summed E-state index contributed by atoms with van der Waals surface area (Å²) in [6.45, 7) is 3.43. The van der Waals surface area contributed by atoms with E-state index in [1.54, 1.807) is 13.3 Å². The van der Waals surface area contributed by atoms with Gasteiger partial charge in [-0.2, -0.15) is 0 Å². The number of benzene rings is 1. The third kappa shape index (κ3) is 6.84. The van der Waals surface area contributed by atoms with E-state index in [-0.39, 0.29) is 5.92 Å². The predicted molar refractivity (Wildman–Crippen MR) is 144 cm³/mol. The third-order valence-electron chi connectivity index (χ3n) is 7.84. The molecule has 2 aliphatic heterocycles. The van der Waals surface area contributed by atoms with Crippen LogP contribution in [0.2, 0.25) is 0 Å². The molecule has 2 fully saturated rings. The number of aliphatic carboxylic acids is 3. The quantitative estimate of drug-likeness (QED) is 0.295. The van der Waals surface area contributed by atoms with E-state index < -0.39 is 42.0 Å². The van der Waals surface area contributed by atoms with Crippen LogP contribution in [0.3, 0.4) is 0 Å². The van der Waals surface area contributed by atoms with Crippen molar-refractivity contribution < 1.29 is 49.4 Å². The molecule has 0 amide bonds. The van der Waals surface area contributed by atoms with Gasteiger partial charge >= 0.3 is 17.9 Å². The minimum absolute atomic E-state index is 0.250. The van der Waals surface area contributed by atoms with E-state index in [2.05, 4.69) is 16.0 Å². The molecule has 1 aliphatic carbocycles. The van der Waals surface area contributed by atoms with E-state index in [0.29, 0.717) is 12.5 Å². The van der Waals surface area contributed by atoms with Gasteiger partial charge in [-0.1, -0.05) is 6.07 Å². The average molecular weight is 571 g/mol. The SMILES string of the molecule is COc1ccc2c(c1)C=C(CN1C[C@@H]3CC[C@@](O)(c4ccccn4)[C@@H]3C1)CO2.O=C(O)CC(O)(CC(=O)O)C(=O)O. The first kappa shape index (κ1) is 30.0. The average Bonchev–Trinajstić information content (AvgIpc) is 3.47. The normalized spacial score (nSPS) is 23.2. The first-order valence-electron chi connectivity index (χ1n) is 13.2. The third-order valence-corrected chi connectivity index (χ3v) is 7.84. The summed E-state index contributed by atoms with van der Waals surface area (Å²) in [5, 5.41) is 45.2. The molecule has 3 aliphatic rings. The second-order valence-corrected chi connectivity index (χ2v) is 10.7. The van der Waals surface area contributed by atoms with Crippen LogP contribution >= 0.6 is 0 Å². The van der Waals surface area contributed by atoms with E-state index in [9.17, 15) is 19.5 Å². The van der Waals surface area contributed by atoms with Crippen LogP contribution in [0.5, 0.6) is 11.5 Å². The Morgan fingerprint density at radius 3 is 2.46 bits per heavy atom. The number of pyridine rings is 1. The van der Waals surface area contributed by atoms with Gasteiger partial charge < -0.3 is 35.0 Å². The lowest BCUT2D eigenvalue weighted by Crippen LogP contribution is -2.42. The van der Waals surface area contributed by atoms with Gasteiger partial charge in [0.2, 0.25) is 0 Å². The number of carbonyl (C=O) groups is 3. The number of ether oxygens (including phenoxy) is 2. The Bertz CT molecular complexity index is 1300. The number of fused-ring (bicyclic) bond motifs is 2. The van der Waals surface area contributed by atoms with Crippen LogP contribution in [0.15, 0.2) is 48.2 Å². The second-order valence-electron chi connectivity index (χ2n) is 10.7. The minimum atomic E-state index is -2.74. The van der Waals surface area contributed by atoms with Crippen LogP contribution in [-0.2, 0) is 20.0 Å². The maximum Gasteiger partial charge on any atom is 0.336 e. The molecule has 5 N–H and O–H groups in total. The van der Waals surface area contributed by atoms with Gasteiger partial charge in [0.25, 0.3) is 0 Å². The van der Waals surface area contributed by atoms with Crippen molar-refractivity contribution in [3.05, 3.63) is 59.4 Å². The lowest BCUT2D eigenvalue weighted by Gasteiger charge is -2.30. The summed E-state index contributed by atoms with van der Waals surface area (Å²) in [6.07, 6.45) is 3.59. The van der Waals surface area contributed by atoms with Gasteiger partial charge in [0, 0.05) is 37.3 Å².